The molecule has 2 aromatic rings. The van der Waals surface area contributed by atoms with Crippen LogP contribution in [0.3, 0.4) is 0 Å². The van der Waals surface area contributed by atoms with Crippen LogP contribution in [0.1, 0.15) is 34.3 Å². The van der Waals surface area contributed by atoms with E-state index in [0.717, 1.165) is 55.1 Å². The van der Waals surface area contributed by atoms with E-state index in [4.69, 9.17) is 0 Å². The molecule has 2 aromatic carbocycles. The minimum absolute atomic E-state index is 0.0130. The van der Waals surface area contributed by atoms with Crippen LogP contribution < -0.4 is 5.32 Å². The first kappa shape index (κ1) is 13.7. The minimum atomic E-state index is -0.754. The number of anilines is 1. The first-order chi connectivity index (χ1) is 10.1. The number of amides is 1. The lowest BCUT2D eigenvalue weighted by Crippen LogP contribution is -2.15. The van der Waals surface area contributed by atoms with E-state index in [0.29, 0.717) is 0 Å². The maximum atomic E-state index is 13.2. The van der Waals surface area contributed by atoms with Crippen molar-refractivity contribution in [3.05, 3.63) is 64.7 Å². The van der Waals surface area contributed by atoms with E-state index in [9.17, 15) is 13.6 Å². The highest BCUT2D eigenvalue weighted by Gasteiger charge is 2.16. The summed E-state index contributed by atoms with van der Waals surface area (Å²) in [6.07, 6.45) is 4.17. The fourth-order valence-corrected chi connectivity index (χ4v) is 2.78. The standard InChI is InChI=1S/C17H15F2NO/c18-13-8-12(9-14(19)10-13)17(21)20-16-7-3-5-11-4-1-2-6-15(11)16/h3,5,7-10H,1-2,4,6H2,(H,20,21). The Morgan fingerprint density at radius 1 is 1.00 bits per heavy atom. The van der Waals surface area contributed by atoms with Crippen LogP contribution in [0.2, 0.25) is 0 Å². The average Bonchev–Trinajstić information content (AvgIpc) is 2.46. The van der Waals surface area contributed by atoms with Crippen molar-refractivity contribution in [1.82, 2.24) is 0 Å². The third kappa shape index (κ3) is 2.94. The summed E-state index contributed by atoms with van der Waals surface area (Å²) >= 11 is 0. The summed E-state index contributed by atoms with van der Waals surface area (Å²) in [4.78, 5) is 12.2. The number of hydrogen-bond donors (Lipinski definition) is 1. The number of carbonyl (C=O) groups is 1. The molecule has 21 heavy (non-hydrogen) atoms. The number of hydrogen-bond acceptors (Lipinski definition) is 1. The Morgan fingerprint density at radius 3 is 2.48 bits per heavy atom. The van der Waals surface area contributed by atoms with Crippen LogP contribution in [0.5, 0.6) is 0 Å². The van der Waals surface area contributed by atoms with Gasteiger partial charge < -0.3 is 5.32 Å². The Bertz CT molecular complexity index is 677. The molecule has 0 aromatic heterocycles. The topological polar surface area (TPSA) is 29.1 Å². The fraction of sp³-hybridized carbons (Fsp3) is 0.235. The quantitative estimate of drug-likeness (QED) is 0.885. The molecule has 1 aliphatic carbocycles. The third-order valence-corrected chi connectivity index (χ3v) is 3.77. The third-order valence-electron chi connectivity index (χ3n) is 3.77. The van der Waals surface area contributed by atoms with Crippen LogP contribution in [0, 0.1) is 11.6 Å². The van der Waals surface area contributed by atoms with Crippen molar-refractivity contribution in [3.63, 3.8) is 0 Å². The highest BCUT2D eigenvalue weighted by molar-refractivity contribution is 6.04. The number of nitrogens with one attached hydrogen (secondary N) is 1. The normalized spacial score (nSPS) is 13.6. The molecule has 3 rings (SSSR count). The number of halogens is 2. The Labute approximate surface area is 121 Å². The summed E-state index contributed by atoms with van der Waals surface area (Å²) in [6, 6.07) is 8.61. The molecule has 4 heteroatoms. The van der Waals surface area contributed by atoms with E-state index in [1.54, 1.807) is 0 Å². The maximum Gasteiger partial charge on any atom is 0.255 e. The molecular weight excluding hydrogens is 272 g/mol. The molecule has 0 saturated heterocycles. The average molecular weight is 287 g/mol. The number of aryl methyl sites for hydroxylation is 1. The van der Waals surface area contributed by atoms with E-state index in [1.807, 2.05) is 12.1 Å². The lowest BCUT2D eigenvalue weighted by Gasteiger charge is -2.19. The van der Waals surface area contributed by atoms with Crippen LogP contribution in [0.15, 0.2) is 36.4 Å². The first-order valence-electron chi connectivity index (χ1n) is 7.02. The molecular formula is C17H15F2NO. The van der Waals surface area contributed by atoms with Crippen LogP contribution >= 0.6 is 0 Å². The predicted octanol–water partition coefficient (Wildman–Crippen LogP) is 4.10. The van der Waals surface area contributed by atoms with E-state index < -0.39 is 17.5 Å². The summed E-state index contributed by atoms with van der Waals surface area (Å²) in [5, 5.41) is 2.77. The van der Waals surface area contributed by atoms with Gasteiger partial charge >= 0.3 is 0 Å². The molecule has 1 aliphatic rings. The van der Waals surface area contributed by atoms with Gasteiger partial charge in [-0.3, -0.25) is 4.79 Å². The molecule has 0 aliphatic heterocycles. The molecule has 0 fully saturated rings. The van der Waals surface area contributed by atoms with Gasteiger partial charge in [0.1, 0.15) is 11.6 Å². The largest absolute Gasteiger partial charge is 0.322 e. The molecule has 2 nitrogen and oxygen atoms in total. The van der Waals surface area contributed by atoms with Gasteiger partial charge in [-0.1, -0.05) is 12.1 Å². The highest BCUT2D eigenvalue weighted by atomic mass is 19.1. The van der Waals surface area contributed by atoms with Gasteiger partial charge in [0.25, 0.3) is 5.91 Å². The molecule has 0 bridgehead atoms. The zero-order valence-corrected chi connectivity index (χ0v) is 11.5. The van der Waals surface area contributed by atoms with Crippen molar-refractivity contribution in [1.29, 1.82) is 0 Å². The highest BCUT2D eigenvalue weighted by Crippen LogP contribution is 2.28. The Hall–Kier alpha value is -2.23. The van der Waals surface area contributed by atoms with Crippen molar-refractivity contribution in [2.45, 2.75) is 25.7 Å². The molecule has 0 unspecified atom stereocenters. The van der Waals surface area contributed by atoms with Crippen LogP contribution in [0.4, 0.5) is 14.5 Å². The molecule has 108 valence electrons. The lowest BCUT2D eigenvalue weighted by molar-refractivity contribution is 0.102. The first-order valence-corrected chi connectivity index (χ1v) is 7.02. The van der Waals surface area contributed by atoms with Crippen LogP contribution in [0.25, 0.3) is 0 Å². The zero-order valence-electron chi connectivity index (χ0n) is 11.5. The van der Waals surface area contributed by atoms with Gasteiger partial charge in [-0.2, -0.15) is 0 Å². The summed E-state index contributed by atoms with van der Waals surface area (Å²) in [5.41, 5.74) is 3.10. The van der Waals surface area contributed by atoms with Gasteiger partial charge in [-0.15, -0.1) is 0 Å². The number of carbonyl (C=O) groups excluding carboxylic acids is 1. The minimum Gasteiger partial charge on any atom is -0.322 e. The summed E-state index contributed by atoms with van der Waals surface area (Å²) < 4.78 is 26.4. The Balaban J connectivity index is 1.88. The van der Waals surface area contributed by atoms with Crippen LogP contribution in [-0.4, -0.2) is 5.91 Å². The fourth-order valence-electron chi connectivity index (χ4n) is 2.78. The number of benzene rings is 2. The summed E-state index contributed by atoms with van der Waals surface area (Å²) in [7, 11) is 0. The van der Waals surface area contributed by atoms with Crippen molar-refractivity contribution < 1.29 is 13.6 Å². The maximum absolute atomic E-state index is 13.2. The van der Waals surface area contributed by atoms with E-state index >= 15 is 0 Å². The van der Waals surface area contributed by atoms with Gasteiger partial charge in [0.05, 0.1) is 0 Å². The molecule has 1 amide bonds. The molecule has 0 radical (unpaired) electrons. The monoisotopic (exact) mass is 287 g/mol. The van der Waals surface area contributed by atoms with Crippen molar-refractivity contribution in [2.75, 3.05) is 5.32 Å². The number of fused-ring (bicyclic) bond motifs is 1. The van der Waals surface area contributed by atoms with E-state index in [1.165, 1.54) is 5.56 Å². The second-order valence-corrected chi connectivity index (χ2v) is 5.26. The second-order valence-electron chi connectivity index (χ2n) is 5.26. The van der Waals surface area contributed by atoms with Gasteiger partial charge in [0, 0.05) is 17.3 Å². The Morgan fingerprint density at radius 2 is 1.71 bits per heavy atom. The van der Waals surface area contributed by atoms with Gasteiger partial charge in [-0.25, -0.2) is 8.78 Å². The molecule has 0 saturated carbocycles. The van der Waals surface area contributed by atoms with Gasteiger partial charge in [-0.05, 0) is 55.0 Å². The Kier molecular flexibility index (Phi) is 3.69. The zero-order chi connectivity index (χ0) is 14.8. The molecule has 0 atom stereocenters. The molecule has 1 N–H and O–H groups in total. The van der Waals surface area contributed by atoms with E-state index in [-0.39, 0.29) is 5.56 Å². The van der Waals surface area contributed by atoms with Crippen LogP contribution in [-0.2, 0) is 12.8 Å². The predicted molar refractivity (Wildman–Crippen MR) is 77.4 cm³/mol. The SMILES string of the molecule is O=C(Nc1cccc2c1CCCC2)c1cc(F)cc(F)c1. The lowest BCUT2D eigenvalue weighted by atomic mass is 9.90. The summed E-state index contributed by atoms with van der Waals surface area (Å²) in [5.74, 6) is -2.00. The van der Waals surface area contributed by atoms with Crippen molar-refractivity contribution in [2.24, 2.45) is 0 Å². The summed E-state index contributed by atoms with van der Waals surface area (Å²) in [6.45, 7) is 0. The van der Waals surface area contributed by atoms with Crippen molar-refractivity contribution >= 4 is 11.6 Å². The van der Waals surface area contributed by atoms with Gasteiger partial charge in [0.2, 0.25) is 0 Å². The second kappa shape index (κ2) is 5.64. The van der Waals surface area contributed by atoms with E-state index in [2.05, 4.69) is 11.4 Å². The number of rotatable bonds is 2. The molecule has 0 heterocycles. The smallest absolute Gasteiger partial charge is 0.255 e. The van der Waals surface area contributed by atoms with Gasteiger partial charge in [0.15, 0.2) is 0 Å². The van der Waals surface area contributed by atoms with Crippen molar-refractivity contribution in [3.8, 4) is 0 Å². The molecule has 0 spiro atoms.